The lowest BCUT2D eigenvalue weighted by molar-refractivity contribution is -0.123. The molecular weight excluding hydrogens is 255 g/mol. The SMILES string of the molecule is CC(C)(CCl)C(=O)Nc1c(F)cc(F)cc1F. The zero-order chi connectivity index (χ0) is 13.2. The molecule has 1 N–H and O–H groups in total. The summed E-state index contributed by atoms with van der Waals surface area (Å²) in [6.45, 7) is 3.04. The first kappa shape index (κ1) is 13.8. The first-order chi connectivity index (χ1) is 7.77. The molecule has 1 aromatic rings. The Bertz CT molecular complexity index is 425. The van der Waals surface area contributed by atoms with Gasteiger partial charge in [0.05, 0.1) is 5.41 Å². The van der Waals surface area contributed by atoms with Crippen LogP contribution in [0.2, 0.25) is 0 Å². The fourth-order valence-corrected chi connectivity index (χ4v) is 1.13. The summed E-state index contributed by atoms with van der Waals surface area (Å²) in [5, 5.41) is 2.06. The molecular formula is C11H11ClF3NO. The maximum Gasteiger partial charge on any atom is 0.231 e. The maximum absolute atomic E-state index is 13.2. The molecule has 0 atom stereocenters. The number of benzene rings is 1. The molecule has 0 saturated heterocycles. The van der Waals surface area contributed by atoms with Crippen LogP contribution >= 0.6 is 11.6 Å². The summed E-state index contributed by atoms with van der Waals surface area (Å²) in [4.78, 5) is 11.6. The Morgan fingerprint density at radius 2 is 1.76 bits per heavy atom. The second-order valence-electron chi connectivity index (χ2n) is 4.22. The van der Waals surface area contributed by atoms with Crippen molar-refractivity contribution in [3.05, 3.63) is 29.6 Å². The van der Waals surface area contributed by atoms with Crippen LogP contribution in [-0.4, -0.2) is 11.8 Å². The lowest BCUT2D eigenvalue weighted by atomic mass is 9.95. The van der Waals surface area contributed by atoms with Gasteiger partial charge in [-0.3, -0.25) is 4.79 Å². The summed E-state index contributed by atoms with van der Waals surface area (Å²) >= 11 is 5.55. The summed E-state index contributed by atoms with van der Waals surface area (Å²) in [7, 11) is 0. The van der Waals surface area contributed by atoms with Crippen molar-refractivity contribution in [1.29, 1.82) is 0 Å². The van der Waals surface area contributed by atoms with Gasteiger partial charge in [0.2, 0.25) is 5.91 Å². The summed E-state index contributed by atoms with van der Waals surface area (Å²) in [6.07, 6.45) is 0. The molecule has 0 aliphatic heterocycles. The zero-order valence-electron chi connectivity index (χ0n) is 9.28. The Balaban J connectivity index is 3.01. The number of halogens is 4. The van der Waals surface area contributed by atoms with Crippen LogP contribution in [0.1, 0.15) is 13.8 Å². The topological polar surface area (TPSA) is 29.1 Å². The van der Waals surface area contributed by atoms with E-state index in [2.05, 4.69) is 5.32 Å². The van der Waals surface area contributed by atoms with E-state index in [9.17, 15) is 18.0 Å². The third-order valence-corrected chi connectivity index (χ3v) is 2.86. The highest BCUT2D eigenvalue weighted by Crippen LogP contribution is 2.24. The molecule has 1 amide bonds. The molecule has 0 aliphatic carbocycles. The molecule has 17 heavy (non-hydrogen) atoms. The van der Waals surface area contributed by atoms with Crippen LogP contribution in [0.5, 0.6) is 0 Å². The van der Waals surface area contributed by atoms with E-state index in [1.807, 2.05) is 0 Å². The van der Waals surface area contributed by atoms with E-state index >= 15 is 0 Å². The molecule has 0 aliphatic rings. The number of carbonyl (C=O) groups is 1. The van der Waals surface area contributed by atoms with Crippen LogP contribution < -0.4 is 5.32 Å². The van der Waals surface area contributed by atoms with E-state index in [0.29, 0.717) is 12.1 Å². The predicted molar refractivity (Wildman–Crippen MR) is 59.4 cm³/mol. The van der Waals surface area contributed by atoms with Gasteiger partial charge in [0.1, 0.15) is 11.5 Å². The standard InChI is InChI=1S/C11H11ClF3NO/c1-11(2,5-12)10(17)16-9-7(14)3-6(13)4-8(9)15/h3-4H,5H2,1-2H3,(H,16,17). The molecule has 0 aromatic heterocycles. The van der Waals surface area contributed by atoms with Crippen LogP contribution in [0, 0.1) is 22.9 Å². The molecule has 0 fully saturated rings. The van der Waals surface area contributed by atoms with E-state index in [4.69, 9.17) is 11.6 Å². The quantitative estimate of drug-likeness (QED) is 0.835. The average Bonchev–Trinajstić information content (AvgIpc) is 2.22. The van der Waals surface area contributed by atoms with Gasteiger partial charge in [0.15, 0.2) is 11.6 Å². The minimum Gasteiger partial charge on any atom is -0.321 e. The number of hydrogen-bond donors (Lipinski definition) is 1. The normalized spacial score (nSPS) is 11.4. The third kappa shape index (κ3) is 3.12. The minimum atomic E-state index is -1.17. The fraction of sp³-hybridized carbons (Fsp3) is 0.364. The molecule has 94 valence electrons. The summed E-state index contributed by atoms with van der Waals surface area (Å²) in [6, 6.07) is 0.985. The van der Waals surface area contributed by atoms with Gasteiger partial charge >= 0.3 is 0 Å². The molecule has 0 heterocycles. The van der Waals surface area contributed by atoms with Crippen molar-refractivity contribution in [2.24, 2.45) is 5.41 Å². The van der Waals surface area contributed by atoms with Crippen LogP contribution in [0.15, 0.2) is 12.1 Å². The number of alkyl halides is 1. The van der Waals surface area contributed by atoms with Crippen molar-refractivity contribution in [1.82, 2.24) is 0 Å². The second-order valence-corrected chi connectivity index (χ2v) is 4.48. The molecule has 0 unspecified atom stereocenters. The van der Waals surface area contributed by atoms with Crippen molar-refractivity contribution in [3.63, 3.8) is 0 Å². The minimum absolute atomic E-state index is 0.0106. The second kappa shape index (κ2) is 4.96. The molecule has 1 rings (SSSR count). The van der Waals surface area contributed by atoms with Crippen LogP contribution in [0.25, 0.3) is 0 Å². The Morgan fingerprint density at radius 3 is 2.18 bits per heavy atom. The lowest BCUT2D eigenvalue weighted by Gasteiger charge is -2.20. The monoisotopic (exact) mass is 265 g/mol. The first-order valence-electron chi connectivity index (χ1n) is 4.80. The van der Waals surface area contributed by atoms with Gasteiger partial charge < -0.3 is 5.32 Å². The molecule has 0 spiro atoms. The highest BCUT2D eigenvalue weighted by atomic mass is 35.5. The van der Waals surface area contributed by atoms with E-state index in [1.54, 1.807) is 0 Å². The number of anilines is 1. The van der Waals surface area contributed by atoms with Gasteiger partial charge in [-0.15, -0.1) is 11.6 Å². The van der Waals surface area contributed by atoms with Gasteiger partial charge in [0, 0.05) is 18.0 Å². The smallest absolute Gasteiger partial charge is 0.231 e. The van der Waals surface area contributed by atoms with Gasteiger partial charge in [-0.25, -0.2) is 13.2 Å². The molecule has 0 radical (unpaired) electrons. The Morgan fingerprint density at radius 1 is 1.29 bits per heavy atom. The summed E-state index contributed by atoms with van der Waals surface area (Å²) < 4.78 is 39.1. The van der Waals surface area contributed by atoms with E-state index < -0.39 is 34.5 Å². The van der Waals surface area contributed by atoms with E-state index in [0.717, 1.165) is 0 Å². The average molecular weight is 266 g/mol. The molecule has 2 nitrogen and oxygen atoms in total. The molecule has 1 aromatic carbocycles. The van der Waals surface area contributed by atoms with Crippen LogP contribution in [-0.2, 0) is 4.79 Å². The van der Waals surface area contributed by atoms with E-state index in [1.165, 1.54) is 13.8 Å². The van der Waals surface area contributed by atoms with E-state index in [-0.39, 0.29) is 5.88 Å². The highest BCUT2D eigenvalue weighted by molar-refractivity contribution is 6.20. The predicted octanol–water partition coefficient (Wildman–Crippen LogP) is 3.31. The largest absolute Gasteiger partial charge is 0.321 e. The van der Waals surface area contributed by atoms with Crippen molar-refractivity contribution in [2.45, 2.75) is 13.8 Å². The van der Waals surface area contributed by atoms with Crippen molar-refractivity contribution < 1.29 is 18.0 Å². The number of rotatable bonds is 3. The molecule has 6 heteroatoms. The number of amides is 1. The summed E-state index contributed by atoms with van der Waals surface area (Å²) in [5.74, 6) is -4.03. The van der Waals surface area contributed by atoms with Gasteiger partial charge in [-0.1, -0.05) is 0 Å². The van der Waals surface area contributed by atoms with Crippen LogP contribution in [0.4, 0.5) is 18.9 Å². The van der Waals surface area contributed by atoms with Crippen LogP contribution in [0.3, 0.4) is 0 Å². The van der Waals surface area contributed by atoms with Gasteiger partial charge in [-0.05, 0) is 13.8 Å². The fourth-order valence-electron chi connectivity index (χ4n) is 1.01. The van der Waals surface area contributed by atoms with Crippen molar-refractivity contribution in [3.8, 4) is 0 Å². The molecule has 0 bridgehead atoms. The number of nitrogens with one attached hydrogen (secondary N) is 1. The maximum atomic E-state index is 13.2. The van der Waals surface area contributed by atoms with Crippen molar-refractivity contribution >= 4 is 23.2 Å². The first-order valence-corrected chi connectivity index (χ1v) is 5.33. The highest BCUT2D eigenvalue weighted by Gasteiger charge is 2.28. The zero-order valence-corrected chi connectivity index (χ0v) is 10.0. The van der Waals surface area contributed by atoms with Gasteiger partial charge in [-0.2, -0.15) is 0 Å². The lowest BCUT2D eigenvalue weighted by Crippen LogP contribution is -2.32. The van der Waals surface area contributed by atoms with Crippen molar-refractivity contribution in [2.75, 3.05) is 11.2 Å². The van der Waals surface area contributed by atoms with Gasteiger partial charge in [0.25, 0.3) is 0 Å². The Hall–Kier alpha value is -1.23. The third-order valence-electron chi connectivity index (χ3n) is 2.19. The number of carbonyl (C=O) groups excluding carboxylic acids is 1. The molecule has 0 saturated carbocycles. The Kier molecular flexibility index (Phi) is 4.03. The Labute approximate surface area is 102 Å². The number of hydrogen-bond acceptors (Lipinski definition) is 1. The summed E-state index contributed by atoms with van der Waals surface area (Å²) in [5.41, 5.74) is -1.65.